The summed E-state index contributed by atoms with van der Waals surface area (Å²) < 4.78 is 0. The van der Waals surface area contributed by atoms with Crippen LogP contribution in [0.3, 0.4) is 0 Å². The zero-order valence-corrected chi connectivity index (χ0v) is 16.2. The standard InChI is InChI=1S/C22H25N3S/c1-15-7-8-16(2)21(13-15)24-22(26)25-11-9-17(10-12-25)19-14-23-20-6-4-3-5-18(19)20/h3-8,13-14,17,23H,9-12H2,1-2H3,(H,24,26). The number of benzene rings is 2. The second-order valence-electron chi connectivity index (χ2n) is 7.30. The maximum Gasteiger partial charge on any atom is 0.173 e. The number of thiocarbonyl (C=S) groups is 1. The van der Waals surface area contributed by atoms with Gasteiger partial charge in [0.1, 0.15) is 0 Å². The molecule has 1 fully saturated rings. The summed E-state index contributed by atoms with van der Waals surface area (Å²) in [4.78, 5) is 5.72. The smallest absolute Gasteiger partial charge is 0.173 e. The van der Waals surface area contributed by atoms with E-state index in [-0.39, 0.29) is 0 Å². The van der Waals surface area contributed by atoms with Crippen molar-refractivity contribution in [2.45, 2.75) is 32.6 Å². The second kappa shape index (κ2) is 7.12. The van der Waals surface area contributed by atoms with Gasteiger partial charge in [0.15, 0.2) is 5.11 Å². The van der Waals surface area contributed by atoms with Crippen LogP contribution in [0.5, 0.6) is 0 Å². The van der Waals surface area contributed by atoms with Gasteiger partial charge in [-0.2, -0.15) is 0 Å². The molecule has 3 aromatic rings. The lowest BCUT2D eigenvalue weighted by Gasteiger charge is -2.34. The average molecular weight is 364 g/mol. The van der Waals surface area contributed by atoms with Crippen LogP contribution in [0, 0.1) is 13.8 Å². The number of aromatic amines is 1. The third-order valence-electron chi connectivity index (χ3n) is 5.48. The summed E-state index contributed by atoms with van der Waals surface area (Å²) in [5.41, 5.74) is 6.28. The number of H-pyrrole nitrogens is 1. The SMILES string of the molecule is Cc1ccc(C)c(NC(=S)N2CCC(c3c[nH]c4ccccc34)CC2)c1. The Labute approximate surface area is 160 Å². The number of piperidine rings is 1. The van der Waals surface area contributed by atoms with Crippen molar-refractivity contribution in [3.05, 3.63) is 65.4 Å². The normalized spacial score (nSPS) is 15.4. The van der Waals surface area contributed by atoms with Gasteiger partial charge >= 0.3 is 0 Å². The van der Waals surface area contributed by atoms with Gasteiger partial charge in [0, 0.05) is 35.9 Å². The first-order valence-electron chi connectivity index (χ1n) is 9.31. The minimum Gasteiger partial charge on any atom is -0.361 e. The maximum absolute atomic E-state index is 5.68. The minimum absolute atomic E-state index is 0.603. The molecule has 0 aliphatic carbocycles. The lowest BCUT2D eigenvalue weighted by atomic mass is 9.89. The van der Waals surface area contributed by atoms with Crippen LogP contribution in [0.1, 0.15) is 35.4 Å². The molecule has 2 heterocycles. The van der Waals surface area contributed by atoms with Gasteiger partial charge in [0.05, 0.1) is 0 Å². The summed E-state index contributed by atoms with van der Waals surface area (Å²) in [5, 5.41) is 5.66. The Hall–Kier alpha value is -2.33. The number of rotatable bonds is 2. The number of nitrogens with one attached hydrogen (secondary N) is 2. The summed E-state index contributed by atoms with van der Waals surface area (Å²) in [6, 6.07) is 15.0. The first kappa shape index (κ1) is 17.1. The molecule has 1 aliphatic rings. The van der Waals surface area contributed by atoms with Crippen LogP contribution >= 0.6 is 12.2 Å². The molecule has 0 spiro atoms. The van der Waals surface area contributed by atoms with E-state index in [0.29, 0.717) is 5.92 Å². The van der Waals surface area contributed by atoms with E-state index in [2.05, 4.69) is 77.7 Å². The molecule has 0 bridgehead atoms. The van der Waals surface area contributed by atoms with E-state index in [4.69, 9.17) is 12.2 Å². The highest BCUT2D eigenvalue weighted by molar-refractivity contribution is 7.80. The molecule has 1 saturated heterocycles. The van der Waals surface area contributed by atoms with Crippen LogP contribution in [0.4, 0.5) is 5.69 Å². The molecule has 134 valence electrons. The van der Waals surface area contributed by atoms with Crippen molar-refractivity contribution in [1.29, 1.82) is 0 Å². The number of hydrogen-bond acceptors (Lipinski definition) is 1. The Morgan fingerprint density at radius 2 is 1.88 bits per heavy atom. The lowest BCUT2D eigenvalue weighted by molar-refractivity contribution is 0.317. The van der Waals surface area contributed by atoms with Gasteiger partial charge < -0.3 is 15.2 Å². The van der Waals surface area contributed by atoms with Crippen molar-refractivity contribution in [2.24, 2.45) is 0 Å². The summed E-state index contributed by atoms with van der Waals surface area (Å²) in [5.74, 6) is 0.603. The number of para-hydroxylation sites is 1. The Bertz CT molecular complexity index is 935. The van der Waals surface area contributed by atoms with Gasteiger partial charge in [-0.1, -0.05) is 30.3 Å². The topological polar surface area (TPSA) is 31.1 Å². The van der Waals surface area contributed by atoms with E-state index in [1.165, 1.54) is 27.6 Å². The molecule has 0 amide bonds. The van der Waals surface area contributed by atoms with Crippen LogP contribution in [0.25, 0.3) is 10.9 Å². The molecule has 2 aromatic carbocycles. The molecule has 4 heteroatoms. The van der Waals surface area contributed by atoms with Crippen LogP contribution in [0.15, 0.2) is 48.7 Å². The molecule has 0 atom stereocenters. The number of aryl methyl sites for hydroxylation is 2. The molecule has 0 unspecified atom stereocenters. The Balaban J connectivity index is 1.41. The van der Waals surface area contributed by atoms with E-state index >= 15 is 0 Å². The molecule has 3 nitrogen and oxygen atoms in total. The zero-order chi connectivity index (χ0) is 18.1. The molecule has 0 saturated carbocycles. The van der Waals surface area contributed by atoms with Crippen LogP contribution in [0.2, 0.25) is 0 Å². The van der Waals surface area contributed by atoms with E-state index in [0.717, 1.165) is 36.7 Å². The summed E-state index contributed by atoms with van der Waals surface area (Å²) >= 11 is 5.68. The fourth-order valence-corrected chi connectivity index (χ4v) is 4.18. The number of likely N-dealkylation sites (tertiary alicyclic amines) is 1. The monoisotopic (exact) mass is 363 g/mol. The predicted octanol–water partition coefficient (Wildman–Crippen LogP) is 5.36. The van der Waals surface area contributed by atoms with Gasteiger partial charge in [0.2, 0.25) is 0 Å². The molecule has 26 heavy (non-hydrogen) atoms. The Morgan fingerprint density at radius 3 is 2.69 bits per heavy atom. The van der Waals surface area contributed by atoms with Crippen molar-refractivity contribution in [3.8, 4) is 0 Å². The van der Waals surface area contributed by atoms with E-state index in [9.17, 15) is 0 Å². The fourth-order valence-electron chi connectivity index (χ4n) is 3.89. The third-order valence-corrected chi connectivity index (χ3v) is 5.84. The molecule has 4 rings (SSSR count). The Morgan fingerprint density at radius 1 is 1.12 bits per heavy atom. The minimum atomic E-state index is 0.603. The predicted molar refractivity (Wildman–Crippen MR) is 114 cm³/mol. The van der Waals surface area contributed by atoms with Crippen molar-refractivity contribution in [3.63, 3.8) is 0 Å². The van der Waals surface area contributed by atoms with Gasteiger partial charge in [-0.25, -0.2) is 0 Å². The third kappa shape index (κ3) is 3.34. The molecule has 2 N–H and O–H groups in total. The summed E-state index contributed by atoms with van der Waals surface area (Å²) in [7, 11) is 0. The van der Waals surface area contributed by atoms with Crippen molar-refractivity contribution in [2.75, 3.05) is 18.4 Å². The number of aromatic nitrogens is 1. The fraction of sp³-hybridized carbons (Fsp3) is 0.318. The molecule has 0 radical (unpaired) electrons. The van der Waals surface area contributed by atoms with Gasteiger partial charge in [-0.15, -0.1) is 0 Å². The van der Waals surface area contributed by atoms with Crippen LogP contribution < -0.4 is 5.32 Å². The number of hydrogen-bond donors (Lipinski definition) is 2. The molecular formula is C22H25N3S. The Kier molecular flexibility index (Phi) is 4.68. The summed E-state index contributed by atoms with van der Waals surface area (Å²) in [6.45, 7) is 6.23. The largest absolute Gasteiger partial charge is 0.361 e. The highest BCUT2D eigenvalue weighted by atomic mass is 32.1. The van der Waals surface area contributed by atoms with Gasteiger partial charge in [-0.05, 0) is 73.6 Å². The number of fused-ring (bicyclic) bond motifs is 1. The lowest BCUT2D eigenvalue weighted by Crippen LogP contribution is -2.40. The highest BCUT2D eigenvalue weighted by Gasteiger charge is 2.24. The molecule has 1 aliphatic heterocycles. The zero-order valence-electron chi connectivity index (χ0n) is 15.4. The second-order valence-corrected chi connectivity index (χ2v) is 7.69. The van der Waals surface area contributed by atoms with E-state index < -0.39 is 0 Å². The quantitative estimate of drug-likeness (QED) is 0.601. The van der Waals surface area contributed by atoms with E-state index in [1.54, 1.807) is 0 Å². The van der Waals surface area contributed by atoms with Crippen molar-refractivity contribution >= 4 is 33.9 Å². The van der Waals surface area contributed by atoms with Crippen LogP contribution in [-0.4, -0.2) is 28.1 Å². The molecule has 1 aromatic heterocycles. The van der Waals surface area contributed by atoms with Gasteiger partial charge in [0.25, 0.3) is 0 Å². The number of nitrogens with zero attached hydrogens (tertiary/aromatic N) is 1. The number of anilines is 1. The van der Waals surface area contributed by atoms with E-state index in [1.807, 2.05) is 0 Å². The first-order valence-corrected chi connectivity index (χ1v) is 9.72. The van der Waals surface area contributed by atoms with Gasteiger partial charge in [-0.3, -0.25) is 0 Å². The highest BCUT2D eigenvalue weighted by Crippen LogP contribution is 2.33. The summed E-state index contributed by atoms with van der Waals surface area (Å²) in [6.07, 6.45) is 4.46. The van der Waals surface area contributed by atoms with Crippen molar-refractivity contribution < 1.29 is 0 Å². The average Bonchev–Trinajstić information content (AvgIpc) is 3.09. The van der Waals surface area contributed by atoms with Crippen molar-refractivity contribution in [1.82, 2.24) is 9.88 Å². The molecular weight excluding hydrogens is 338 g/mol. The van der Waals surface area contributed by atoms with Crippen LogP contribution in [-0.2, 0) is 0 Å². The first-order chi connectivity index (χ1) is 12.6. The maximum atomic E-state index is 5.68.